The van der Waals surface area contributed by atoms with Crippen molar-refractivity contribution in [3.05, 3.63) is 12.2 Å². The lowest BCUT2D eigenvalue weighted by Gasteiger charge is -2.12. The van der Waals surface area contributed by atoms with Gasteiger partial charge in [0.25, 0.3) is 0 Å². The highest BCUT2D eigenvalue weighted by atomic mass is 16.4. The van der Waals surface area contributed by atoms with Crippen molar-refractivity contribution >= 4 is 17.7 Å². The summed E-state index contributed by atoms with van der Waals surface area (Å²) < 4.78 is 0. The average molecular weight is 313 g/mol. The van der Waals surface area contributed by atoms with Gasteiger partial charge in [-0.15, -0.1) is 0 Å². The van der Waals surface area contributed by atoms with Gasteiger partial charge in [0.15, 0.2) is 0 Å². The van der Waals surface area contributed by atoms with E-state index in [0.717, 1.165) is 12.8 Å². The molecule has 1 atom stereocenters. The Bertz CT molecular complexity index is 379. The number of rotatable bonds is 13. The molecule has 0 saturated carbocycles. The predicted octanol–water partition coefficient (Wildman–Crippen LogP) is 1.81. The number of aliphatic hydroxyl groups excluding tert-OH is 1. The summed E-state index contributed by atoms with van der Waals surface area (Å²) in [4.78, 5) is 33.9. The number of aliphatic hydroxyl groups is 1. The van der Waals surface area contributed by atoms with Crippen molar-refractivity contribution in [2.75, 3.05) is 6.61 Å². The number of Topliss-reactive ketones (excluding diaryl/α,β-unsaturated/α-hetero) is 1. The summed E-state index contributed by atoms with van der Waals surface area (Å²) in [6.45, 7) is 1.81. The molecule has 0 fully saturated rings. The number of amides is 1. The average Bonchev–Trinajstić information content (AvgIpc) is 2.45. The lowest BCUT2D eigenvalue weighted by molar-refractivity contribution is -0.142. The van der Waals surface area contributed by atoms with Gasteiger partial charge in [0.2, 0.25) is 5.91 Å². The highest BCUT2D eigenvalue weighted by Gasteiger charge is 2.20. The summed E-state index contributed by atoms with van der Waals surface area (Å²) in [5.74, 6) is -2.10. The Morgan fingerprint density at radius 2 is 1.86 bits per heavy atom. The smallest absolute Gasteiger partial charge is 0.326 e. The van der Waals surface area contributed by atoms with Crippen LogP contribution in [-0.2, 0) is 14.4 Å². The minimum atomic E-state index is -1.22. The number of carbonyl (C=O) groups excluding carboxylic acids is 2. The fourth-order valence-electron chi connectivity index (χ4n) is 1.90. The molecule has 0 aliphatic carbocycles. The van der Waals surface area contributed by atoms with Gasteiger partial charge in [-0.25, -0.2) is 4.79 Å². The fraction of sp³-hybridized carbons (Fsp3) is 0.688. The van der Waals surface area contributed by atoms with Crippen LogP contribution in [0, 0.1) is 0 Å². The standard InChI is InChI=1S/C16H27NO5/c1-2-3-4-5-6-7-8-9-13(19)12-15(20)17-14(10-11-18)16(21)22/h7-8,14,18H,2-6,9-12H2,1H3,(H,17,20)(H,21,22)/b8-7-/t14-/m0/s1. The Kier molecular flexibility index (Phi) is 12.0. The van der Waals surface area contributed by atoms with E-state index in [-0.39, 0.29) is 31.7 Å². The molecule has 126 valence electrons. The molecule has 0 rings (SSSR count). The first-order chi connectivity index (χ1) is 10.5. The van der Waals surface area contributed by atoms with Crippen molar-refractivity contribution in [1.82, 2.24) is 5.32 Å². The molecule has 0 spiro atoms. The lowest BCUT2D eigenvalue weighted by atomic mass is 10.1. The highest BCUT2D eigenvalue weighted by Crippen LogP contribution is 2.04. The lowest BCUT2D eigenvalue weighted by Crippen LogP contribution is -2.42. The molecule has 1 amide bonds. The second-order valence-electron chi connectivity index (χ2n) is 5.21. The predicted molar refractivity (Wildman–Crippen MR) is 83.4 cm³/mol. The molecule has 0 heterocycles. The zero-order valence-electron chi connectivity index (χ0n) is 13.2. The number of unbranched alkanes of at least 4 members (excludes halogenated alkanes) is 4. The van der Waals surface area contributed by atoms with Gasteiger partial charge in [0, 0.05) is 19.4 Å². The zero-order chi connectivity index (χ0) is 16.8. The molecule has 22 heavy (non-hydrogen) atoms. The van der Waals surface area contributed by atoms with E-state index in [0.29, 0.717) is 0 Å². The second kappa shape index (κ2) is 13.0. The van der Waals surface area contributed by atoms with Gasteiger partial charge in [-0.05, 0) is 12.8 Å². The summed E-state index contributed by atoms with van der Waals surface area (Å²) in [7, 11) is 0. The third-order valence-corrected chi connectivity index (χ3v) is 3.15. The topological polar surface area (TPSA) is 104 Å². The first-order valence-corrected chi connectivity index (χ1v) is 7.81. The maximum Gasteiger partial charge on any atom is 0.326 e. The number of carbonyl (C=O) groups is 3. The molecule has 0 aromatic heterocycles. The fourth-order valence-corrected chi connectivity index (χ4v) is 1.90. The molecule has 0 aliphatic heterocycles. The molecule has 0 aliphatic rings. The number of carboxylic acid groups (broad SMARTS) is 1. The van der Waals surface area contributed by atoms with E-state index in [9.17, 15) is 14.4 Å². The highest BCUT2D eigenvalue weighted by molar-refractivity contribution is 5.99. The Balaban J connectivity index is 3.92. The number of nitrogens with one attached hydrogen (secondary N) is 1. The van der Waals surface area contributed by atoms with Gasteiger partial charge in [-0.1, -0.05) is 38.3 Å². The number of aliphatic carboxylic acids is 1. The van der Waals surface area contributed by atoms with Crippen molar-refractivity contribution in [1.29, 1.82) is 0 Å². The summed E-state index contributed by atoms with van der Waals surface area (Å²) in [5, 5.41) is 19.8. The number of carboxylic acids is 1. The van der Waals surface area contributed by atoms with Gasteiger partial charge in [0.05, 0.1) is 6.42 Å². The molecule has 0 aromatic carbocycles. The quantitative estimate of drug-likeness (QED) is 0.273. The van der Waals surface area contributed by atoms with Gasteiger partial charge in [0.1, 0.15) is 11.8 Å². The van der Waals surface area contributed by atoms with E-state index >= 15 is 0 Å². The van der Waals surface area contributed by atoms with Crippen LogP contribution in [0.4, 0.5) is 0 Å². The largest absolute Gasteiger partial charge is 0.480 e. The van der Waals surface area contributed by atoms with Crippen LogP contribution in [0.15, 0.2) is 12.2 Å². The Morgan fingerprint density at radius 3 is 2.45 bits per heavy atom. The molecule has 0 saturated heterocycles. The number of allylic oxidation sites excluding steroid dienone is 2. The SMILES string of the molecule is CCCCCC/C=C\CC(=O)CC(=O)N[C@@H](CCO)C(=O)O. The normalized spacial score (nSPS) is 12.3. The van der Waals surface area contributed by atoms with E-state index in [1.807, 2.05) is 6.08 Å². The monoisotopic (exact) mass is 313 g/mol. The van der Waals surface area contributed by atoms with Gasteiger partial charge in [-0.3, -0.25) is 9.59 Å². The molecule has 0 bridgehead atoms. The maximum atomic E-state index is 11.6. The molecule has 0 radical (unpaired) electrons. The van der Waals surface area contributed by atoms with Crippen molar-refractivity contribution in [3.8, 4) is 0 Å². The van der Waals surface area contributed by atoms with Crippen molar-refractivity contribution in [2.24, 2.45) is 0 Å². The number of ketones is 1. The van der Waals surface area contributed by atoms with Crippen LogP contribution in [0.1, 0.15) is 58.3 Å². The van der Waals surface area contributed by atoms with Crippen LogP contribution in [0.5, 0.6) is 0 Å². The third kappa shape index (κ3) is 11.0. The molecule has 6 heteroatoms. The van der Waals surface area contributed by atoms with Crippen molar-refractivity contribution in [3.63, 3.8) is 0 Å². The Hall–Kier alpha value is -1.69. The summed E-state index contributed by atoms with van der Waals surface area (Å²) >= 11 is 0. The first kappa shape index (κ1) is 20.3. The van der Waals surface area contributed by atoms with Crippen LogP contribution in [0.25, 0.3) is 0 Å². The first-order valence-electron chi connectivity index (χ1n) is 7.81. The minimum absolute atomic E-state index is 0.0765. The Morgan fingerprint density at radius 1 is 1.14 bits per heavy atom. The second-order valence-corrected chi connectivity index (χ2v) is 5.21. The maximum absolute atomic E-state index is 11.6. The van der Waals surface area contributed by atoms with Crippen LogP contribution in [0.3, 0.4) is 0 Å². The van der Waals surface area contributed by atoms with Gasteiger partial charge < -0.3 is 15.5 Å². The summed E-state index contributed by atoms with van der Waals surface area (Å²) in [6.07, 6.45) is 9.06. The van der Waals surface area contributed by atoms with Crippen LogP contribution < -0.4 is 5.32 Å². The van der Waals surface area contributed by atoms with E-state index in [4.69, 9.17) is 10.2 Å². The van der Waals surface area contributed by atoms with Crippen LogP contribution >= 0.6 is 0 Å². The number of hydrogen-bond acceptors (Lipinski definition) is 4. The molecular weight excluding hydrogens is 286 g/mol. The summed E-state index contributed by atoms with van der Waals surface area (Å²) in [5.41, 5.74) is 0. The van der Waals surface area contributed by atoms with Crippen molar-refractivity contribution < 1.29 is 24.6 Å². The zero-order valence-corrected chi connectivity index (χ0v) is 13.2. The van der Waals surface area contributed by atoms with E-state index in [2.05, 4.69) is 12.2 Å². The van der Waals surface area contributed by atoms with E-state index < -0.39 is 17.9 Å². The molecule has 6 nitrogen and oxygen atoms in total. The molecule has 0 unspecified atom stereocenters. The molecule has 0 aromatic rings. The Labute approximate surface area is 131 Å². The molecular formula is C16H27NO5. The van der Waals surface area contributed by atoms with Crippen molar-refractivity contribution in [2.45, 2.75) is 64.3 Å². The van der Waals surface area contributed by atoms with Gasteiger partial charge in [-0.2, -0.15) is 0 Å². The minimum Gasteiger partial charge on any atom is -0.480 e. The molecule has 3 N–H and O–H groups in total. The third-order valence-electron chi connectivity index (χ3n) is 3.15. The summed E-state index contributed by atoms with van der Waals surface area (Å²) in [6, 6.07) is -1.15. The van der Waals surface area contributed by atoms with Crippen LogP contribution in [0.2, 0.25) is 0 Å². The van der Waals surface area contributed by atoms with E-state index in [1.165, 1.54) is 19.3 Å². The van der Waals surface area contributed by atoms with Crippen LogP contribution in [-0.4, -0.2) is 40.5 Å². The van der Waals surface area contributed by atoms with E-state index in [1.54, 1.807) is 6.08 Å². The number of hydrogen-bond donors (Lipinski definition) is 3. The van der Waals surface area contributed by atoms with Gasteiger partial charge >= 0.3 is 5.97 Å².